The lowest BCUT2D eigenvalue weighted by molar-refractivity contribution is -0.144. The molecule has 2 N–H and O–H groups in total. The van der Waals surface area contributed by atoms with E-state index in [1.165, 1.54) is 0 Å². The fraction of sp³-hybridized carbons (Fsp3) is 0.615. The highest BCUT2D eigenvalue weighted by Crippen LogP contribution is 2.28. The van der Waals surface area contributed by atoms with Crippen molar-refractivity contribution in [1.82, 2.24) is 19.6 Å². The summed E-state index contributed by atoms with van der Waals surface area (Å²) in [5.41, 5.74) is 0.529. The maximum atomic E-state index is 12.8. The Balaban J connectivity index is 1.99. The monoisotopic (exact) mass is 315 g/mol. The van der Waals surface area contributed by atoms with Gasteiger partial charge in [0, 0.05) is 11.8 Å². The zero-order chi connectivity index (χ0) is 15.9. The minimum absolute atomic E-state index is 0.111. The molecule has 0 bridgehead atoms. The van der Waals surface area contributed by atoms with Crippen LogP contribution in [0.2, 0.25) is 0 Å². The van der Waals surface area contributed by atoms with Gasteiger partial charge in [-0.1, -0.05) is 12.8 Å². The highest BCUT2D eigenvalue weighted by molar-refractivity contribution is 5.46. The van der Waals surface area contributed by atoms with Gasteiger partial charge in [-0.2, -0.15) is 22.7 Å². The van der Waals surface area contributed by atoms with Gasteiger partial charge in [-0.25, -0.2) is 4.98 Å². The molecule has 9 heteroatoms. The van der Waals surface area contributed by atoms with Crippen LogP contribution in [0.15, 0.2) is 6.07 Å². The van der Waals surface area contributed by atoms with Gasteiger partial charge in [-0.05, 0) is 19.8 Å². The Kier molecular flexibility index (Phi) is 3.67. The normalized spacial score (nSPS) is 23.0. The van der Waals surface area contributed by atoms with Gasteiger partial charge in [0.15, 0.2) is 0 Å². The third kappa shape index (κ3) is 2.85. The molecule has 6 nitrogen and oxygen atoms in total. The molecule has 0 saturated heterocycles. The maximum Gasteiger partial charge on any atom is 0.453 e. The Bertz CT molecular complexity index is 684. The SMILES string of the molecule is Cc1cc(N[C@H]2CCCC[C@@H]2O)n2nc(C(F)(F)F)nc2n1. The third-order valence-electron chi connectivity index (χ3n) is 3.76. The molecule has 1 saturated carbocycles. The first-order valence-electron chi connectivity index (χ1n) is 7.11. The van der Waals surface area contributed by atoms with Crippen molar-refractivity contribution in [2.45, 2.75) is 50.9 Å². The van der Waals surface area contributed by atoms with Crippen molar-refractivity contribution in [3.63, 3.8) is 0 Å². The molecule has 2 aromatic rings. The number of rotatable bonds is 2. The van der Waals surface area contributed by atoms with Gasteiger partial charge >= 0.3 is 6.18 Å². The third-order valence-corrected chi connectivity index (χ3v) is 3.76. The second-order valence-electron chi connectivity index (χ2n) is 5.53. The predicted molar refractivity (Wildman–Crippen MR) is 72.4 cm³/mol. The van der Waals surface area contributed by atoms with Crippen LogP contribution in [0.5, 0.6) is 0 Å². The standard InChI is InChI=1S/C13H16F3N5O/c1-7-6-10(18-8-4-2-3-5-9(8)22)21-12(17-7)19-11(20-21)13(14,15)16/h6,8-9,18,22H,2-5H2,1H3/t8-,9-/m0/s1. The Morgan fingerprint density at radius 3 is 2.68 bits per heavy atom. The number of halogens is 3. The number of hydrogen-bond donors (Lipinski definition) is 2. The van der Waals surface area contributed by atoms with Crippen LogP contribution in [-0.2, 0) is 6.18 Å². The van der Waals surface area contributed by atoms with Crippen LogP contribution in [0, 0.1) is 6.92 Å². The lowest BCUT2D eigenvalue weighted by atomic mass is 9.92. The molecule has 1 aliphatic rings. The quantitative estimate of drug-likeness (QED) is 0.888. The fourth-order valence-corrected chi connectivity index (χ4v) is 2.68. The lowest BCUT2D eigenvalue weighted by Gasteiger charge is -2.29. The van der Waals surface area contributed by atoms with Crippen LogP contribution in [0.25, 0.3) is 5.78 Å². The molecule has 1 aliphatic carbocycles. The predicted octanol–water partition coefficient (Wildman–Crippen LogP) is 2.17. The largest absolute Gasteiger partial charge is 0.453 e. The molecule has 120 valence electrons. The van der Waals surface area contributed by atoms with Gasteiger partial charge < -0.3 is 10.4 Å². The summed E-state index contributed by atoms with van der Waals surface area (Å²) in [7, 11) is 0. The number of anilines is 1. The van der Waals surface area contributed by atoms with Crippen LogP contribution >= 0.6 is 0 Å². The molecule has 0 aliphatic heterocycles. The van der Waals surface area contributed by atoms with Crippen LogP contribution in [-0.4, -0.2) is 36.8 Å². The smallest absolute Gasteiger partial charge is 0.391 e. The van der Waals surface area contributed by atoms with Crippen molar-refractivity contribution in [2.24, 2.45) is 0 Å². The number of nitrogens with one attached hydrogen (secondary N) is 1. The molecule has 22 heavy (non-hydrogen) atoms. The number of nitrogens with zero attached hydrogens (tertiary/aromatic N) is 4. The zero-order valence-electron chi connectivity index (χ0n) is 11.9. The average molecular weight is 315 g/mol. The molecule has 2 atom stereocenters. The second-order valence-corrected chi connectivity index (χ2v) is 5.53. The van der Waals surface area contributed by atoms with E-state index in [-0.39, 0.29) is 11.8 Å². The van der Waals surface area contributed by atoms with E-state index in [1.54, 1.807) is 13.0 Å². The van der Waals surface area contributed by atoms with E-state index in [1.807, 2.05) is 0 Å². The van der Waals surface area contributed by atoms with E-state index < -0.39 is 18.1 Å². The number of hydrogen-bond acceptors (Lipinski definition) is 5. The molecule has 2 aromatic heterocycles. The van der Waals surface area contributed by atoms with Gasteiger partial charge in [0.2, 0.25) is 0 Å². The maximum absolute atomic E-state index is 12.8. The second kappa shape index (κ2) is 5.38. The van der Waals surface area contributed by atoms with Crippen molar-refractivity contribution >= 4 is 11.6 Å². The van der Waals surface area contributed by atoms with Gasteiger partial charge in [0.1, 0.15) is 5.82 Å². The summed E-state index contributed by atoms with van der Waals surface area (Å²) in [6.45, 7) is 1.67. The molecule has 0 unspecified atom stereocenters. The van der Waals surface area contributed by atoms with Crippen molar-refractivity contribution < 1.29 is 18.3 Å². The first kappa shape index (κ1) is 15.0. The van der Waals surface area contributed by atoms with E-state index >= 15 is 0 Å². The molecule has 1 fully saturated rings. The van der Waals surface area contributed by atoms with Crippen molar-refractivity contribution in [2.75, 3.05) is 5.32 Å². The van der Waals surface area contributed by atoms with Crippen LogP contribution in [0.4, 0.5) is 19.0 Å². The summed E-state index contributed by atoms with van der Waals surface area (Å²) in [5, 5.41) is 16.6. The summed E-state index contributed by atoms with van der Waals surface area (Å²) >= 11 is 0. The Hall–Kier alpha value is -1.90. The highest BCUT2D eigenvalue weighted by Gasteiger charge is 2.37. The van der Waals surface area contributed by atoms with E-state index in [4.69, 9.17) is 0 Å². The summed E-state index contributed by atoms with van der Waals surface area (Å²) in [4.78, 5) is 7.40. The molecule has 0 aromatic carbocycles. The van der Waals surface area contributed by atoms with Crippen molar-refractivity contribution in [1.29, 1.82) is 0 Å². The van der Waals surface area contributed by atoms with E-state index in [9.17, 15) is 18.3 Å². The van der Waals surface area contributed by atoms with Crippen LogP contribution in [0.3, 0.4) is 0 Å². The van der Waals surface area contributed by atoms with E-state index in [0.29, 0.717) is 17.9 Å². The Morgan fingerprint density at radius 2 is 2.00 bits per heavy atom. The molecule has 3 rings (SSSR count). The average Bonchev–Trinajstić information content (AvgIpc) is 2.85. The molecule has 2 heterocycles. The molecule has 0 amide bonds. The van der Waals surface area contributed by atoms with E-state index in [0.717, 1.165) is 23.8 Å². The summed E-state index contributed by atoms with van der Waals surface area (Å²) in [6.07, 6.45) is -1.80. The van der Waals surface area contributed by atoms with Gasteiger partial charge in [0.05, 0.1) is 12.1 Å². The van der Waals surface area contributed by atoms with E-state index in [2.05, 4.69) is 20.4 Å². The Morgan fingerprint density at radius 1 is 1.27 bits per heavy atom. The number of alkyl halides is 3. The van der Waals surface area contributed by atoms with Gasteiger partial charge in [0.25, 0.3) is 11.6 Å². The zero-order valence-corrected chi connectivity index (χ0v) is 11.9. The topological polar surface area (TPSA) is 75.3 Å². The van der Waals surface area contributed by atoms with Crippen molar-refractivity contribution in [3.05, 3.63) is 17.6 Å². The minimum atomic E-state index is -4.62. The molecule has 0 radical (unpaired) electrons. The van der Waals surface area contributed by atoms with Crippen LogP contribution < -0.4 is 5.32 Å². The first-order chi connectivity index (χ1) is 10.3. The minimum Gasteiger partial charge on any atom is -0.391 e. The van der Waals surface area contributed by atoms with Gasteiger partial charge in [-0.3, -0.25) is 0 Å². The molecule has 0 spiro atoms. The number of aryl methyl sites for hydroxylation is 1. The summed E-state index contributed by atoms with van der Waals surface area (Å²) in [6, 6.07) is 1.39. The number of aromatic nitrogens is 4. The summed E-state index contributed by atoms with van der Waals surface area (Å²) in [5.74, 6) is -0.977. The lowest BCUT2D eigenvalue weighted by Crippen LogP contribution is -2.37. The number of aliphatic hydroxyl groups is 1. The Labute approximate surface area is 124 Å². The number of fused-ring (bicyclic) bond motifs is 1. The van der Waals surface area contributed by atoms with Gasteiger partial charge in [-0.15, -0.1) is 5.10 Å². The fourth-order valence-electron chi connectivity index (χ4n) is 2.68. The summed E-state index contributed by atoms with van der Waals surface area (Å²) < 4.78 is 39.3. The highest BCUT2D eigenvalue weighted by atomic mass is 19.4. The van der Waals surface area contributed by atoms with Crippen molar-refractivity contribution in [3.8, 4) is 0 Å². The first-order valence-corrected chi connectivity index (χ1v) is 7.11. The van der Waals surface area contributed by atoms with Crippen LogP contribution in [0.1, 0.15) is 37.2 Å². The number of aliphatic hydroxyl groups excluding tert-OH is 1. The molecular weight excluding hydrogens is 299 g/mol. The molecular formula is C13H16F3N5O.